The monoisotopic (exact) mass is 623 g/mol. The summed E-state index contributed by atoms with van der Waals surface area (Å²) in [7, 11) is 1.56. The molecule has 1 aromatic heterocycles. The van der Waals surface area contributed by atoms with E-state index in [0.29, 0.717) is 49.1 Å². The normalized spacial score (nSPS) is 17.1. The number of para-hydroxylation sites is 1. The van der Waals surface area contributed by atoms with Gasteiger partial charge in [-0.2, -0.15) is 0 Å². The van der Waals surface area contributed by atoms with E-state index in [1.165, 1.54) is 28.0 Å². The van der Waals surface area contributed by atoms with Gasteiger partial charge >= 0.3 is 0 Å². The largest absolute Gasteiger partial charge is 0.497 e. The average Bonchev–Trinajstić information content (AvgIpc) is 3.34. The van der Waals surface area contributed by atoms with Crippen LogP contribution in [0.3, 0.4) is 0 Å². The summed E-state index contributed by atoms with van der Waals surface area (Å²) in [5, 5.41) is 14.7. The number of anilines is 2. The second-order valence-corrected chi connectivity index (χ2v) is 12.4. The number of fused-ring (bicyclic) bond motifs is 1. The number of nitrogens with zero attached hydrogens (tertiary/aromatic N) is 4. The molecule has 2 aliphatic rings. The average molecular weight is 624 g/mol. The molecule has 4 aromatic rings. The third-order valence-corrected chi connectivity index (χ3v) is 9.32. The first-order chi connectivity index (χ1) is 21.7. The number of thiazole rings is 1. The number of hydrogen-bond donors (Lipinski definition) is 1. The Bertz CT molecular complexity index is 1990. The molecule has 230 valence electrons. The molecule has 45 heavy (non-hydrogen) atoms. The lowest BCUT2D eigenvalue weighted by Crippen LogP contribution is -2.40. The van der Waals surface area contributed by atoms with E-state index in [4.69, 9.17) is 9.73 Å². The summed E-state index contributed by atoms with van der Waals surface area (Å²) < 4.78 is 7.39. The van der Waals surface area contributed by atoms with Crippen LogP contribution in [0, 0.1) is 16.0 Å². The van der Waals surface area contributed by atoms with Crippen LogP contribution in [0.2, 0.25) is 0 Å². The molecule has 11 heteroatoms. The summed E-state index contributed by atoms with van der Waals surface area (Å²) in [5.74, 6) is 0.827. The standard InChI is InChI=1S/C34H33N5O5S/c1-21-14-16-37(17-15-21)28-13-12-26(39(42)43)18-24(28)20-29-33(41)38-31(23-8-7-11-27(19-23)44-3)30(22(2)35-34(38)45-29)32(40)36-25-9-5-4-6-10-25/h4-13,18-21,31H,14-17H2,1-3H3,(H,36,40)/b29-20+/t31-/m1/s1. The number of allylic oxidation sites excluding steroid dienone is 1. The third-order valence-electron chi connectivity index (χ3n) is 8.34. The van der Waals surface area contributed by atoms with Gasteiger partial charge in [0.2, 0.25) is 0 Å². The zero-order valence-electron chi connectivity index (χ0n) is 25.2. The van der Waals surface area contributed by atoms with Crippen molar-refractivity contribution >= 4 is 40.4 Å². The molecule has 6 rings (SSSR count). The summed E-state index contributed by atoms with van der Waals surface area (Å²) in [6.45, 7) is 5.65. The van der Waals surface area contributed by atoms with Crippen molar-refractivity contribution < 1.29 is 14.5 Å². The first kappa shape index (κ1) is 30.0. The molecule has 0 spiro atoms. The van der Waals surface area contributed by atoms with Crippen molar-refractivity contribution in [3.8, 4) is 5.75 Å². The molecule has 0 unspecified atom stereocenters. The smallest absolute Gasteiger partial charge is 0.271 e. The Hall–Kier alpha value is -5.03. The number of piperidine rings is 1. The lowest BCUT2D eigenvalue weighted by molar-refractivity contribution is -0.384. The Labute approximate surface area is 263 Å². The van der Waals surface area contributed by atoms with E-state index in [2.05, 4.69) is 17.1 Å². The highest BCUT2D eigenvalue weighted by Gasteiger charge is 2.33. The van der Waals surface area contributed by atoms with E-state index in [1.807, 2.05) is 36.4 Å². The SMILES string of the molecule is COc1cccc([C@@H]2C(C(=O)Nc3ccccc3)=C(C)N=c3s/c(=C/c4cc([N+](=O)[O-])ccc4N4CCC(C)CC4)c(=O)n32)c1. The molecule has 0 aliphatic carbocycles. The van der Waals surface area contributed by atoms with Gasteiger partial charge < -0.3 is 15.0 Å². The number of methoxy groups -OCH3 is 1. The highest BCUT2D eigenvalue weighted by molar-refractivity contribution is 7.07. The van der Waals surface area contributed by atoms with E-state index in [1.54, 1.807) is 44.4 Å². The molecule has 3 heterocycles. The van der Waals surface area contributed by atoms with Crippen LogP contribution in [0.1, 0.15) is 43.9 Å². The van der Waals surface area contributed by atoms with Crippen LogP contribution in [-0.2, 0) is 4.79 Å². The van der Waals surface area contributed by atoms with Gasteiger partial charge in [0.05, 0.1) is 33.9 Å². The molecule has 1 N–H and O–H groups in total. The van der Waals surface area contributed by atoms with E-state index in [9.17, 15) is 19.7 Å². The number of benzene rings is 3. The number of nitro benzene ring substituents is 1. The molecule has 1 saturated heterocycles. The van der Waals surface area contributed by atoms with E-state index >= 15 is 0 Å². The number of carbonyl (C=O) groups is 1. The molecular formula is C34H33N5O5S. The van der Waals surface area contributed by atoms with Crippen molar-refractivity contribution in [2.45, 2.75) is 32.7 Å². The maximum Gasteiger partial charge on any atom is 0.271 e. The number of nitrogens with one attached hydrogen (secondary N) is 1. The molecule has 3 aromatic carbocycles. The number of rotatable bonds is 7. The summed E-state index contributed by atoms with van der Waals surface area (Å²) in [4.78, 5) is 46.8. The van der Waals surface area contributed by atoms with Crippen molar-refractivity contribution in [1.29, 1.82) is 0 Å². The van der Waals surface area contributed by atoms with Crippen LogP contribution >= 0.6 is 11.3 Å². The van der Waals surface area contributed by atoms with Crippen LogP contribution in [0.15, 0.2) is 93.9 Å². The van der Waals surface area contributed by atoms with Crippen molar-refractivity contribution in [3.63, 3.8) is 0 Å². The second-order valence-electron chi connectivity index (χ2n) is 11.3. The van der Waals surface area contributed by atoms with Crippen LogP contribution in [0.5, 0.6) is 5.75 Å². The predicted molar refractivity (Wildman–Crippen MR) is 176 cm³/mol. The molecule has 1 atom stereocenters. The van der Waals surface area contributed by atoms with Crippen LogP contribution in [0.4, 0.5) is 17.1 Å². The Morgan fingerprint density at radius 3 is 2.56 bits per heavy atom. The van der Waals surface area contributed by atoms with Crippen LogP contribution in [0.25, 0.3) is 6.08 Å². The number of hydrogen-bond acceptors (Lipinski definition) is 8. The predicted octanol–water partition coefficient (Wildman–Crippen LogP) is 5.03. The summed E-state index contributed by atoms with van der Waals surface area (Å²) in [6, 6.07) is 20.4. The fraction of sp³-hybridized carbons (Fsp3) is 0.265. The minimum atomic E-state index is -0.782. The van der Waals surface area contributed by atoms with Gasteiger partial charge in [0.15, 0.2) is 4.80 Å². The lowest BCUT2D eigenvalue weighted by atomic mass is 9.95. The number of aromatic nitrogens is 1. The summed E-state index contributed by atoms with van der Waals surface area (Å²) in [6.07, 6.45) is 3.76. The maximum absolute atomic E-state index is 14.3. The lowest BCUT2D eigenvalue weighted by Gasteiger charge is -2.33. The van der Waals surface area contributed by atoms with Gasteiger partial charge in [0.1, 0.15) is 5.75 Å². The Kier molecular flexibility index (Phi) is 8.36. The fourth-order valence-electron chi connectivity index (χ4n) is 5.91. The fourth-order valence-corrected chi connectivity index (χ4v) is 6.95. The van der Waals surface area contributed by atoms with E-state index < -0.39 is 11.0 Å². The van der Waals surface area contributed by atoms with Crippen molar-refractivity contribution in [2.24, 2.45) is 10.9 Å². The second kappa shape index (κ2) is 12.5. The molecular weight excluding hydrogens is 590 g/mol. The van der Waals surface area contributed by atoms with Gasteiger partial charge in [0, 0.05) is 42.2 Å². The number of amides is 1. The Morgan fingerprint density at radius 2 is 1.84 bits per heavy atom. The highest BCUT2D eigenvalue weighted by Crippen LogP contribution is 2.33. The van der Waals surface area contributed by atoms with Gasteiger partial charge in [-0.1, -0.05) is 48.6 Å². The maximum atomic E-state index is 14.3. The van der Waals surface area contributed by atoms with Gasteiger partial charge in [-0.3, -0.25) is 24.3 Å². The number of carbonyl (C=O) groups excluding carboxylic acids is 1. The summed E-state index contributed by atoms with van der Waals surface area (Å²) in [5.41, 5.74) is 3.19. The van der Waals surface area contributed by atoms with Crippen LogP contribution in [-0.4, -0.2) is 35.6 Å². The third kappa shape index (κ3) is 6.03. The van der Waals surface area contributed by atoms with Gasteiger partial charge in [-0.25, -0.2) is 4.99 Å². The topological polar surface area (TPSA) is 119 Å². The first-order valence-corrected chi connectivity index (χ1v) is 15.6. The number of ether oxygens (including phenoxy) is 1. The molecule has 2 aliphatic heterocycles. The Morgan fingerprint density at radius 1 is 1.09 bits per heavy atom. The highest BCUT2D eigenvalue weighted by atomic mass is 32.1. The zero-order chi connectivity index (χ0) is 31.7. The molecule has 0 radical (unpaired) electrons. The van der Waals surface area contributed by atoms with Crippen molar-refractivity contribution in [2.75, 3.05) is 30.4 Å². The van der Waals surface area contributed by atoms with E-state index in [0.717, 1.165) is 31.6 Å². The van der Waals surface area contributed by atoms with Gasteiger partial charge in [0.25, 0.3) is 17.2 Å². The first-order valence-electron chi connectivity index (χ1n) is 14.8. The van der Waals surface area contributed by atoms with Crippen LogP contribution < -0.4 is 29.8 Å². The number of nitro groups is 1. The van der Waals surface area contributed by atoms with Gasteiger partial charge in [-0.05, 0) is 67.7 Å². The Balaban J connectivity index is 1.51. The minimum absolute atomic E-state index is 0.0480. The van der Waals surface area contributed by atoms with Crippen molar-refractivity contribution in [1.82, 2.24) is 4.57 Å². The van der Waals surface area contributed by atoms with Crippen molar-refractivity contribution in [3.05, 3.63) is 125 Å². The number of non-ortho nitro benzene ring substituents is 1. The van der Waals surface area contributed by atoms with E-state index in [-0.39, 0.29) is 17.2 Å². The molecule has 0 saturated carbocycles. The summed E-state index contributed by atoms with van der Waals surface area (Å²) >= 11 is 1.20. The van der Waals surface area contributed by atoms with Gasteiger partial charge in [-0.15, -0.1) is 0 Å². The minimum Gasteiger partial charge on any atom is -0.497 e. The quantitative estimate of drug-likeness (QED) is 0.228. The molecule has 10 nitrogen and oxygen atoms in total. The zero-order valence-corrected chi connectivity index (χ0v) is 26.0. The molecule has 1 amide bonds. The molecule has 1 fully saturated rings. The molecule has 0 bridgehead atoms.